The number of benzene rings is 1. The predicted octanol–water partition coefficient (Wildman–Crippen LogP) is 3.16. The zero-order chi connectivity index (χ0) is 12.4. The maximum Gasteiger partial charge on any atom is 0.291 e. The number of rotatable bonds is 3. The second-order valence-electron chi connectivity index (χ2n) is 3.37. The number of carbonyl (C=O) groups is 1. The maximum absolute atomic E-state index is 11.6. The molecule has 2 aromatic rings. The van der Waals surface area contributed by atoms with E-state index in [9.17, 15) is 4.79 Å². The molecule has 1 aromatic carbocycles. The van der Waals surface area contributed by atoms with Gasteiger partial charge in [-0.15, -0.1) is 0 Å². The van der Waals surface area contributed by atoms with Crippen molar-refractivity contribution < 1.29 is 9.63 Å². The fourth-order valence-electron chi connectivity index (χ4n) is 1.46. The Morgan fingerprint density at radius 3 is 2.94 bits per heavy atom. The van der Waals surface area contributed by atoms with E-state index in [1.165, 1.54) is 0 Å². The molecule has 0 spiro atoms. The number of aromatic nitrogens is 1. The van der Waals surface area contributed by atoms with Crippen LogP contribution >= 0.6 is 23.2 Å². The minimum Gasteiger partial charge on any atom is -0.350 e. The highest BCUT2D eigenvalue weighted by Crippen LogP contribution is 2.31. The molecule has 1 amide bonds. The Balaban J connectivity index is 2.38. The van der Waals surface area contributed by atoms with Crippen LogP contribution in [0.25, 0.3) is 10.9 Å². The summed E-state index contributed by atoms with van der Waals surface area (Å²) in [5.74, 6) is -0.352. The molecule has 0 saturated heterocycles. The second-order valence-corrected chi connectivity index (χ2v) is 4.15. The van der Waals surface area contributed by atoms with Gasteiger partial charge in [-0.3, -0.25) is 9.63 Å². The van der Waals surface area contributed by atoms with Gasteiger partial charge in [0.2, 0.25) is 0 Å². The van der Waals surface area contributed by atoms with Gasteiger partial charge in [0.1, 0.15) is 5.69 Å². The molecule has 0 aliphatic heterocycles. The minimum atomic E-state index is -0.352. The van der Waals surface area contributed by atoms with E-state index in [-0.39, 0.29) is 5.91 Å². The van der Waals surface area contributed by atoms with Gasteiger partial charge in [0.15, 0.2) is 0 Å². The van der Waals surface area contributed by atoms with Crippen LogP contribution in [0.15, 0.2) is 18.2 Å². The van der Waals surface area contributed by atoms with Gasteiger partial charge in [0.05, 0.1) is 16.7 Å². The van der Waals surface area contributed by atoms with Crippen LogP contribution in [-0.4, -0.2) is 17.5 Å². The van der Waals surface area contributed by atoms with Crippen molar-refractivity contribution in [2.24, 2.45) is 0 Å². The maximum atomic E-state index is 11.6. The van der Waals surface area contributed by atoms with Crippen LogP contribution < -0.4 is 5.48 Å². The van der Waals surface area contributed by atoms with E-state index in [0.29, 0.717) is 27.7 Å². The van der Waals surface area contributed by atoms with Crippen molar-refractivity contribution in [2.75, 3.05) is 6.61 Å². The molecule has 0 saturated carbocycles. The molecule has 6 heteroatoms. The van der Waals surface area contributed by atoms with Crippen molar-refractivity contribution in [3.05, 3.63) is 33.9 Å². The summed E-state index contributed by atoms with van der Waals surface area (Å²) in [7, 11) is 0. The minimum absolute atomic E-state index is 0.352. The van der Waals surface area contributed by atoms with Gasteiger partial charge in [-0.25, -0.2) is 5.48 Å². The first-order valence-electron chi connectivity index (χ1n) is 5.02. The van der Waals surface area contributed by atoms with Gasteiger partial charge in [0.25, 0.3) is 5.91 Å². The number of aromatic amines is 1. The van der Waals surface area contributed by atoms with E-state index < -0.39 is 0 Å². The van der Waals surface area contributed by atoms with E-state index in [0.717, 1.165) is 5.52 Å². The third-order valence-electron chi connectivity index (χ3n) is 2.24. The molecule has 0 aliphatic carbocycles. The first kappa shape index (κ1) is 12.2. The van der Waals surface area contributed by atoms with Crippen molar-refractivity contribution in [3.63, 3.8) is 0 Å². The Bertz CT molecular complexity index is 566. The number of fused-ring (bicyclic) bond motifs is 1. The Hall–Kier alpha value is -1.23. The monoisotopic (exact) mass is 272 g/mol. The number of hydrogen-bond donors (Lipinski definition) is 2. The van der Waals surface area contributed by atoms with Gasteiger partial charge in [-0.2, -0.15) is 0 Å². The highest BCUT2D eigenvalue weighted by Gasteiger charge is 2.12. The number of halogens is 2. The summed E-state index contributed by atoms with van der Waals surface area (Å²) >= 11 is 11.9. The number of carbonyl (C=O) groups excluding carboxylic acids is 1. The largest absolute Gasteiger partial charge is 0.350 e. The van der Waals surface area contributed by atoms with Crippen LogP contribution in [0.5, 0.6) is 0 Å². The van der Waals surface area contributed by atoms with Crippen molar-refractivity contribution in [3.8, 4) is 0 Å². The van der Waals surface area contributed by atoms with Gasteiger partial charge < -0.3 is 4.98 Å². The Morgan fingerprint density at radius 1 is 1.47 bits per heavy atom. The summed E-state index contributed by atoms with van der Waals surface area (Å²) in [5.41, 5.74) is 3.42. The predicted molar refractivity (Wildman–Crippen MR) is 67.4 cm³/mol. The zero-order valence-corrected chi connectivity index (χ0v) is 10.5. The average molecular weight is 273 g/mol. The lowest BCUT2D eigenvalue weighted by Crippen LogP contribution is -2.23. The van der Waals surface area contributed by atoms with Crippen LogP contribution in [0.2, 0.25) is 10.0 Å². The molecule has 0 bridgehead atoms. The number of hydrogen-bond acceptors (Lipinski definition) is 2. The van der Waals surface area contributed by atoms with Crippen LogP contribution in [0, 0.1) is 0 Å². The summed E-state index contributed by atoms with van der Waals surface area (Å²) < 4.78 is 0. The molecular weight excluding hydrogens is 263 g/mol. The third kappa shape index (κ3) is 2.39. The highest BCUT2D eigenvalue weighted by molar-refractivity contribution is 6.45. The van der Waals surface area contributed by atoms with E-state index in [2.05, 4.69) is 10.5 Å². The summed E-state index contributed by atoms with van der Waals surface area (Å²) in [6.45, 7) is 2.18. The highest BCUT2D eigenvalue weighted by atomic mass is 35.5. The van der Waals surface area contributed by atoms with Gasteiger partial charge >= 0.3 is 0 Å². The van der Waals surface area contributed by atoms with Gasteiger partial charge in [-0.05, 0) is 25.1 Å². The summed E-state index contributed by atoms with van der Waals surface area (Å²) in [6.07, 6.45) is 0. The normalized spacial score (nSPS) is 10.8. The first-order chi connectivity index (χ1) is 8.13. The topological polar surface area (TPSA) is 54.1 Å². The molecule has 17 heavy (non-hydrogen) atoms. The van der Waals surface area contributed by atoms with Crippen molar-refractivity contribution in [1.29, 1.82) is 0 Å². The van der Waals surface area contributed by atoms with E-state index >= 15 is 0 Å². The zero-order valence-electron chi connectivity index (χ0n) is 9.01. The van der Waals surface area contributed by atoms with Crippen LogP contribution in [0.1, 0.15) is 17.4 Å². The molecule has 0 fully saturated rings. The Kier molecular flexibility index (Phi) is 3.57. The Labute approximate surface area is 108 Å². The average Bonchev–Trinajstić information content (AvgIpc) is 2.75. The van der Waals surface area contributed by atoms with E-state index in [4.69, 9.17) is 28.0 Å². The molecule has 0 atom stereocenters. The fourth-order valence-corrected chi connectivity index (χ4v) is 1.84. The van der Waals surface area contributed by atoms with Crippen LogP contribution in [0.4, 0.5) is 0 Å². The summed E-state index contributed by atoms with van der Waals surface area (Å²) in [5, 5.41) is 1.59. The van der Waals surface area contributed by atoms with E-state index in [1.807, 2.05) is 0 Å². The number of amides is 1. The van der Waals surface area contributed by atoms with Gasteiger partial charge in [0, 0.05) is 10.9 Å². The lowest BCUT2D eigenvalue weighted by molar-refractivity contribution is 0.0360. The van der Waals surface area contributed by atoms with E-state index in [1.54, 1.807) is 25.1 Å². The molecule has 1 heterocycles. The third-order valence-corrected chi connectivity index (χ3v) is 3.06. The van der Waals surface area contributed by atoms with Crippen molar-refractivity contribution in [2.45, 2.75) is 6.92 Å². The summed E-state index contributed by atoms with van der Waals surface area (Å²) in [6, 6.07) is 5.08. The lowest BCUT2D eigenvalue weighted by atomic mass is 10.2. The van der Waals surface area contributed by atoms with Crippen molar-refractivity contribution in [1.82, 2.24) is 10.5 Å². The van der Waals surface area contributed by atoms with Gasteiger partial charge in [-0.1, -0.05) is 23.2 Å². The molecule has 0 unspecified atom stereocenters. The molecule has 0 radical (unpaired) electrons. The number of H-pyrrole nitrogens is 1. The smallest absolute Gasteiger partial charge is 0.291 e. The van der Waals surface area contributed by atoms with Crippen LogP contribution in [0.3, 0.4) is 0 Å². The van der Waals surface area contributed by atoms with Crippen molar-refractivity contribution >= 4 is 40.0 Å². The molecule has 4 nitrogen and oxygen atoms in total. The quantitative estimate of drug-likeness (QED) is 0.844. The molecule has 1 aromatic heterocycles. The SMILES string of the molecule is CCONC(=O)c1cc2c(Cl)c(Cl)ccc2[nH]1. The summed E-state index contributed by atoms with van der Waals surface area (Å²) in [4.78, 5) is 19.4. The number of nitrogens with one attached hydrogen (secondary N) is 2. The van der Waals surface area contributed by atoms with Crippen LogP contribution in [-0.2, 0) is 4.84 Å². The standard InChI is InChI=1S/C11H10Cl2N2O2/c1-2-17-15-11(16)9-5-6-8(14-9)4-3-7(12)10(6)13/h3-5,14H,2H2,1H3,(H,15,16). The fraction of sp³-hybridized carbons (Fsp3) is 0.182. The lowest BCUT2D eigenvalue weighted by Gasteiger charge is -2.00. The molecule has 2 N–H and O–H groups in total. The second kappa shape index (κ2) is 4.96. The molecule has 2 rings (SSSR count). The Morgan fingerprint density at radius 2 is 2.24 bits per heavy atom. The number of hydroxylamine groups is 1. The molecular formula is C11H10Cl2N2O2. The first-order valence-corrected chi connectivity index (χ1v) is 5.78. The molecule has 90 valence electrons. The molecule has 0 aliphatic rings.